The van der Waals surface area contributed by atoms with Crippen molar-refractivity contribution >= 4 is 39.0 Å². The Labute approximate surface area is 126 Å². The van der Waals surface area contributed by atoms with E-state index >= 15 is 0 Å². The third-order valence-electron chi connectivity index (χ3n) is 3.08. The zero-order valence-electron chi connectivity index (χ0n) is 10.8. The van der Waals surface area contributed by atoms with Crippen LogP contribution in [0.15, 0.2) is 41.8 Å². The zero-order valence-corrected chi connectivity index (χ0v) is 12.4. The molecule has 20 heavy (non-hydrogen) atoms. The van der Waals surface area contributed by atoms with Crippen molar-refractivity contribution in [2.24, 2.45) is 0 Å². The molecule has 0 spiro atoms. The summed E-state index contributed by atoms with van der Waals surface area (Å²) in [5.41, 5.74) is 1.36. The lowest BCUT2D eigenvalue weighted by molar-refractivity contribution is 0.859. The van der Waals surface area contributed by atoms with Gasteiger partial charge in [-0.05, 0) is 41.5 Å². The molecule has 0 radical (unpaired) electrons. The maximum absolute atomic E-state index is 5.93. The first-order valence-corrected chi connectivity index (χ1v) is 7.77. The highest BCUT2D eigenvalue weighted by atomic mass is 35.5. The molecule has 0 bridgehead atoms. The highest BCUT2D eigenvalue weighted by molar-refractivity contribution is 7.16. The molecule has 5 heteroatoms. The van der Waals surface area contributed by atoms with Gasteiger partial charge in [0.2, 0.25) is 5.28 Å². The van der Waals surface area contributed by atoms with Crippen LogP contribution in [0.4, 0.5) is 5.82 Å². The number of nitrogens with zero attached hydrogens (tertiary/aromatic N) is 2. The molecule has 1 N–H and O–H groups in total. The number of hydrogen-bond donors (Lipinski definition) is 1. The quantitative estimate of drug-likeness (QED) is 0.561. The van der Waals surface area contributed by atoms with Gasteiger partial charge < -0.3 is 5.32 Å². The van der Waals surface area contributed by atoms with Crippen LogP contribution in [-0.4, -0.2) is 16.5 Å². The minimum absolute atomic E-state index is 0.297. The fourth-order valence-corrected chi connectivity index (χ4v) is 3.09. The standard InChI is InChI=1S/C15H14ClN3S/c16-15-18-13(12-8-10-20-14(12)19-15)17-9-4-7-11-5-2-1-3-6-11/h1-3,5-6,8,10H,4,7,9H2,(H,17,18,19). The first kappa shape index (κ1) is 13.3. The maximum Gasteiger partial charge on any atom is 0.225 e. The van der Waals surface area contributed by atoms with Gasteiger partial charge in [-0.15, -0.1) is 11.3 Å². The number of anilines is 1. The van der Waals surface area contributed by atoms with Crippen LogP contribution >= 0.6 is 22.9 Å². The fourth-order valence-electron chi connectivity index (χ4n) is 2.11. The van der Waals surface area contributed by atoms with Crippen molar-refractivity contribution < 1.29 is 0 Å². The molecule has 0 aliphatic carbocycles. The average Bonchev–Trinajstić information content (AvgIpc) is 2.92. The summed E-state index contributed by atoms with van der Waals surface area (Å²) in [5.74, 6) is 0.828. The SMILES string of the molecule is Clc1nc(NCCCc2ccccc2)c2ccsc2n1. The summed E-state index contributed by atoms with van der Waals surface area (Å²) >= 11 is 7.51. The maximum atomic E-state index is 5.93. The second kappa shape index (κ2) is 6.20. The minimum atomic E-state index is 0.297. The topological polar surface area (TPSA) is 37.8 Å². The largest absolute Gasteiger partial charge is 0.369 e. The van der Waals surface area contributed by atoms with Crippen LogP contribution < -0.4 is 5.32 Å². The van der Waals surface area contributed by atoms with E-state index in [-0.39, 0.29) is 0 Å². The van der Waals surface area contributed by atoms with E-state index < -0.39 is 0 Å². The molecule has 0 aliphatic heterocycles. The molecule has 2 aromatic heterocycles. The lowest BCUT2D eigenvalue weighted by Crippen LogP contribution is -2.05. The summed E-state index contributed by atoms with van der Waals surface area (Å²) in [6.45, 7) is 0.868. The Morgan fingerprint density at radius 2 is 1.95 bits per heavy atom. The monoisotopic (exact) mass is 303 g/mol. The van der Waals surface area contributed by atoms with Crippen molar-refractivity contribution in [2.75, 3.05) is 11.9 Å². The molecule has 0 saturated carbocycles. The third-order valence-corrected chi connectivity index (χ3v) is 4.05. The van der Waals surface area contributed by atoms with E-state index in [9.17, 15) is 0 Å². The van der Waals surface area contributed by atoms with Crippen molar-refractivity contribution in [1.82, 2.24) is 9.97 Å². The molecule has 1 aromatic carbocycles. The Morgan fingerprint density at radius 3 is 2.80 bits per heavy atom. The molecular weight excluding hydrogens is 290 g/mol. The number of halogens is 1. The van der Waals surface area contributed by atoms with Gasteiger partial charge in [0, 0.05) is 6.54 Å². The number of nitrogens with one attached hydrogen (secondary N) is 1. The van der Waals surface area contributed by atoms with Crippen molar-refractivity contribution in [3.8, 4) is 0 Å². The van der Waals surface area contributed by atoms with Crippen LogP contribution in [0.5, 0.6) is 0 Å². The minimum Gasteiger partial charge on any atom is -0.369 e. The Morgan fingerprint density at radius 1 is 1.10 bits per heavy atom. The van der Waals surface area contributed by atoms with Gasteiger partial charge in [0.1, 0.15) is 10.6 Å². The van der Waals surface area contributed by atoms with Gasteiger partial charge in [0.25, 0.3) is 0 Å². The van der Waals surface area contributed by atoms with E-state index in [1.165, 1.54) is 5.56 Å². The number of fused-ring (bicyclic) bond motifs is 1. The summed E-state index contributed by atoms with van der Waals surface area (Å²) in [5, 5.41) is 6.70. The van der Waals surface area contributed by atoms with E-state index in [2.05, 4.69) is 39.6 Å². The van der Waals surface area contributed by atoms with Gasteiger partial charge in [-0.1, -0.05) is 30.3 Å². The molecule has 0 atom stereocenters. The summed E-state index contributed by atoms with van der Waals surface area (Å²) < 4.78 is 0. The highest BCUT2D eigenvalue weighted by Gasteiger charge is 2.06. The number of hydrogen-bond acceptors (Lipinski definition) is 4. The van der Waals surface area contributed by atoms with Crippen LogP contribution in [0.25, 0.3) is 10.2 Å². The van der Waals surface area contributed by atoms with Crippen LogP contribution in [-0.2, 0) is 6.42 Å². The fraction of sp³-hybridized carbons (Fsp3) is 0.200. The molecule has 0 saturated heterocycles. The number of aromatic nitrogens is 2. The predicted molar refractivity (Wildman–Crippen MR) is 85.7 cm³/mol. The average molecular weight is 304 g/mol. The lowest BCUT2D eigenvalue weighted by atomic mass is 10.1. The molecule has 3 nitrogen and oxygen atoms in total. The van der Waals surface area contributed by atoms with Crippen LogP contribution in [0.3, 0.4) is 0 Å². The third kappa shape index (κ3) is 3.08. The van der Waals surface area contributed by atoms with Crippen molar-refractivity contribution in [2.45, 2.75) is 12.8 Å². The molecule has 0 amide bonds. The smallest absolute Gasteiger partial charge is 0.225 e. The van der Waals surface area contributed by atoms with Gasteiger partial charge in [-0.25, -0.2) is 9.97 Å². The van der Waals surface area contributed by atoms with Crippen LogP contribution in [0.2, 0.25) is 5.28 Å². The second-order valence-corrected chi connectivity index (χ2v) is 5.73. The van der Waals surface area contributed by atoms with Gasteiger partial charge in [-0.3, -0.25) is 0 Å². The van der Waals surface area contributed by atoms with Gasteiger partial charge in [-0.2, -0.15) is 0 Å². The van der Waals surface area contributed by atoms with E-state index in [1.807, 2.05) is 17.5 Å². The highest BCUT2D eigenvalue weighted by Crippen LogP contribution is 2.26. The van der Waals surface area contributed by atoms with Crippen molar-refractivity contribution in [3.63, 3.8) is 0 Å². The Balaban J connectivity index is 1.61. The molecule has 3 aromatic rings. The first-order valence-electron chi connectivity index (χ1n) is 6.51. The summed E-state index contributed by atoms with van der Waals surface area (Å²) in [6, 6.07) is 12.5. The van der Waals surface area contributed by atoms with E-state index in [4.69, 9.17) is 11.6 Å². The van der Waals surface area contributed by atoms with Crippen molar-refractivity contribution in [3.05, 3.63) is 52.6 Å². The molecule has 0 unspecified atom stereocenters. The van der Waals surface area contributed by atoms with Crippen molar-refractivity contribution in [1.29, 1.82) is 0 Å². The molecule has 0 fully saturated rings. The second-order valence-electron chi connectivity index (χ2n) is 4.50. The number of benzene rings is 1. The van der Waals surface area contributed by atoms with Crippen LogP contribution in [0.1, 0.15) is 12.0 Å². The molecule has 3 rings (SSSR count). The Hall–Kier alpha value is -1.65. The summed E-state index contributed by atoms with van der Waals surface area (Å²) in [6.07, 6.45) is 2.11. The van der Waals surface area contributed by atoms with E-state index in [0.29, 0.717) is 5.28 Å². The predicted octanol–water partition coefficient (Wildman–Crippen LogP) is 4.39. The van der Waals surface area contributed by atoms with Crippen LogP contribution in [0, 0.1) is 0 Å². The Kier molecular flexibility index (Phi) is 4.14. The zero-order chi connectivity index (χ0) is 13.8. The number of thiophene rings is 1. The molecule has 0 aliphatic rings. The number of aryl methyl sites for hydroxylation is 1. The summed E-state index contributed by atoms with van der Waals surface area (Å²) in [7, 11) is 0. The first-order chi connectivity index (χ1) is 9.83. The van der Waals surface area contributed by atoms with E-state index in [1.54, 1.807) is 11.3 Å². The molecule has 2 heterocycles. The summed E-state index contributed by atoms with van der Waals surface area (Å²) in [4.78, 5) is 9.40. The van der Waals surface area contributed by atoms with Gasteiger partial charge >= 0.3 is 0 Å². The molecule has 102 valence electrons. The normalized spacial score (nSPS) is 10.8. The van der Waals surface area contributed by atoms with Gasteiger partial charge in [0.15, 0.2) is 0 Å². The lowest BCUT2D eigenvalue weighted by Gasteiger charge is -2.07. The van der Waals surface area contributed by atoms with Gasteiger partial charge in [0.05, 0.1) is 5.39 Å². The number of rotatable bonds is 5. The molecular formula is C15H14ClN3S. The van der Waals surface area contributed by atoms with E-state index in [0.717, 1.165) is 35.4 Å². The Bertz CT molecular complexity index is 697.